The Bertz CT molecular complexity index is 673. The number of halogens is 1. The molecule has 0 spiro atoms. The van der Waals surface area contributed by atoms with Crippen LogP contribution in [-0.4, -0.2) is 28.6 Å². The van der Waals surface area contributed by atoms with Gasteiger partial charge in [0.15, 0.2) is 0 Å². The summed E-state index contributed by atoms with van der Waals surface area (Å²) in [7, 11) is 0. The summed E-state index contributed by atoms with van der Waals surface area (Å²) in [5, 5.41) is 10.6. The number of aliphatic hydroxyl groups is 1. The van der Waals surface area contributed by atoms with Crippen molar-refractivity contribution >= 4 is 0 Å². The van der Waals surface area contributed by atoms with Gasteiger partial charge in [-0.2, -0.15) is 0 Å². The highest BCUT2D eigenvalue weighted by atomic mass is 19.1. The van der Waals surface area contributed by atoms with Crippen molar-refractivity contribution in [1.82, 2.24) is 4.90 Å². The fraction of sp³-hybridized carbons (Fsp3) is 0.455. The highest BCUT2D eigenvalue weighted by molar-refractivity contribution is 5.19. The van der Waals surface area contributed by atoms with E-state index in [-0.39, 0.29) is 5.82 Å². The van der Waals surface area contributed by atoms with Crippen LogP contribution in [0.25, 0.3) is 0 Å². The van der Waals surface area contributed by atoms with E-state index >= 15 is 0 Å². The van der Waals surface area contributed by atoms with Gasteiger partial charge in [0.1, 0.15) is 5.82 Å². The van der Waals surface area contributed by atoms with E-state index in [2.05, 4.69) is 35.2 Å². The summed E-state index contributed by atoms with van der Waals surface area (Å²) < 4.78 is 13.1. The Kier molecular flexibility index (Phi) is 4.87. The SMILES string of the molecule is O[C@@H](CN1[C@@H]2CC[C@H]1CC(Cc1ccccc1)C2)c1ccc(F)cc1. The highest BCUT2D eigenvalue weighted by Gasteiger charge is 2.41. The number of aliphatic hydroxyl groups excluding tert-OH is 1. The van der Waals surface area contributed by atoms with Gasteiger partial charge in [0, 0.05) is 18.6 Å². The Labute approximate surface area is 149 Å². The van der Waals surface area contributed by atoms with Crippen LogP contribution in [0.5, 0.6) is 0 Å². The summed E-state index contributed by atoms with van der Waals surface area (Å²) in [5.41, 5.74) is 2.25. The van der Waals surface area contributed by atoms with E-state index in [4.69, 9.17) is 0 Å². The monoisotopic (exact) mass is 339 g/mol. The predicted molar refractivity (Wildman–Crippen MR) is 97.7 cm³/mol. The molecular weight excluding hydrogens is 313 g/mol. The molecule has 0 radical (unpaired) electrons. The van der Waals surface area contributed by atoms with E-state index in [1.165, 1.54) is 49.8 Å². The van der Waals surface area contributed by atoms with Gasteiger partial charge in [-0.15, -0.1) is 0 Å². The van der Waals surface area contributed by atoms with E-state index in [1.54, 1.807) is 12.1 Å². The Morgan fingerprint density at radius 3 is 2.24 bits per heavy atom. The van der Waals surface area contributed by atoms with Crippen LogP contribution < -0.4 is 0 Å². The number of nitrogens with zero attached hydrogens (tertiary/aromatic N) is 1. The summed E-state index contributed by atoms with van der Waals surface area (Å²) in [6, 6.07) is 18.2. The lowest BCUT2D eigenvalue weighted by Crippen LogP contribution is -2.45. The van der Waals surface area contributed by atoms with Crippen LogP contribution >= 0.6 is 0 Å². The first-order valence-corrected chi connectivity index (χ1v) is 9.42. The molecule has 2 fully saturated rings. The average molecular weight is 339 g/mol. The minimum absolute atomic E-state index is 0.252. The zero-order valence-corrected chi connectivity index (χ0v) is 14.5. The van der Waals surface area contributed by atoms with E-state index in [0.29, 0.717) is 18.6 Å². The Morgan fingerprint density at radius 1 is 0.960 bits per heavy atom. The molecule has 2 aromatic rings. The van der Waals surface area contributed by atoms with Gasteiger partial charge in [0.25, 0.3) is 0 Å². The molecule has 2 aromatic carbocycles. The van der Waals surface area contributed by atoms with E-state index in [0.717, 1.165) is 11.5 Å². The number of rotatable bonds is 5. The van der Waals surface area contributed by atoms with Gasteiger partial charge in [0.05, 0.1) is 6.10 Å². The van der Waals surface area contributed by atoms with Crippen LogP contribution in [0.15, 0.2) is 54.6 Å². The number of hydrogen-bond donors (Lipinski definition) is 1. The summed E-state index contributed by atoms with van der Waals surface area (Å²) in [6.07, 6.45) is 5.57. The minimum Gasteiger partial charge on any atom is -0.387 e. The fourth-order valence-electron chi connectivity index (χ4n) is 4.79. The van der Waals surface area contributed by atoms with Crippen molar-refractivity contribution in [2.45, 2.75) is 50.3 Å². The third kappa shape index (κ3) is 3.78. The first-order chi connectivity index (χ1) is 12.2. The Hall–Kier alpha value is -1.71. The molecule has 2 heterocycles. The Balaban J connectivity index is 1.38. The van der Waals surface area contributed by atoms with Crippen LogP contribution in [0.2, 0.25) is 0 Å². The van der Waals surface area contributed by atoms with Gasteiger partial charge in [-0.05, 0) is 61.3 Å². The van der Waals surface area contributed by atoms with Crippen molar-refractivity contribution < 1.29 is 9.50 Å². The van der Waals surface area contributed by atoms with Crippen LogP contribution in [0.4, 0.5) is 4.39 Å². The van der Waals surface area contributed by atoms with Crippen molar-refractivity contribution in [2.75, 3.05) is 6.54 Å². The minimum atomic E-state index is -0.533. The lowest BCUT2D eigenvalue weighted by molar-refractivity contribution is 0.0447. The third-order valence-corrected chi connectivity index (χ3v) is 5.99. The predicted octanol–water partition coefficient (Wildman–Crippen LogP) is 4.34. The smallest absolute Gasteiger partial charge is 0.123 e. The van der Waals surface area contributed by atoms with Crippen LogP contribution in [0.1, 0.15) is 42.9 Å². The number of piperidine rings is 1. The van der Waals surface area contributed by atoms with Crippen molar-refractivity contribution in [3.63, 3.8) is 0 Å². The zero-order chi connectivity index (χ0) is 17.2. The van der Waals surface area contributed by atoms with E-state index in [1.807, 2.05) is 0 Å². The topological polar surface area (TPSA) is 23.5 Å². The molecule has 0 amide bonds. The van der Waals surface area contributed by atoms with Crippen LogP contribution in [0.3, 0.4) is 0 Å². The number of hydrogen-bond acceptors (Lipinski definition) is 2. The molecule has 0 saturated carbocycles. The Morgan fingerprint density at radius 2 is 1.60 bits per heavy atom. The second-order valence-corrected chi connectivity index (χ2v) is 7.68. The van der Waals surface area contributed by atoms with Gasteiger partial charge in [-0.1, -0.05) is 42.5 Å². The molecule has 25 heavy (non-hydrogen) atoms. The summed E-state index contributed by atoms with van der Waals surface area (Å²) in [4.78, 5) is 2.51. The molecule has 2 aliphatic rings. The first-order valence-electron chi connectivity index (χ1n) is 9.42. The molecule has 2 nitrogen and oxygen atoms in total. The van der Waals surface area contributed by atoms with Crippen molar-refractivity contribution in [1.29, 1.82) is 0 Å². The average Bonchev–Trinajstić information content (AvgIpc) is 2.86. The second kappa shape index (κ2) is 7.27. The maximum Gasteiger partial charge on any atom is 0.123 e. The van der Waals surface area contributed by atoms with Crippen LogP contribution in [-0.2, 0) is 6.42 Å². The maximum absolute atomic E-state index is 13.1. The van der Waals surface area contributed by atoms with Crippen molar-refractivity contribution in [3.8, 4) is 0 Å². The quantitative estimate of drug-likeness (QED) is 0.876. The molecule has 0 aliphatic carbocycles. The second-order valence-electron chi connectivity index (χ2n) is 7.68. The van der Waals surface area contributed by atoms with Gasteiger partial charge in [0.2, 0.25) is 0 Å². The van der Waals surface area contributed by atoms with Crippen molar-refractivity contribution in [3.05, 3.63) is 71.5 Å². The summed E-state index contributed by atoms with van der Waals surface area (Å²) in [5.74, 6) is 0.497. The first kappa shape index (κ1) is 16.7. The van der Waals surface area contributed by atoms with Gasteiger partial charge < -0.3 is 5.11 Å². The number of fused-ring (bicyclic) bond motifs is 2. The molecule has 1 N–H and O–H groups in total. The fourth-order valence-corrected chi connectivity index (χ4v) is 4.79. The van der Waals surface area contributed by atoms with Crippen LogP contribution in [0, 0.1) is 11.7 Å². The molecule has 2 saturated heterocycles. The standard InChI is InChI=1S/C22H26FNO/c23-19-8-6-18(7-9-19)22(25)15-24-20-10-11-21(24)14-17(13-20)12-16-4-2-1-3-5-16/h1-9,17,20-22,25H,10-15H2/t17?,20-,21+,22-/m0/s1. The zero-order valence-electron chi connectivity index (χ0n) is 14.5. The highest BCUT2D eigenvalue weighted by Crippen LogP contribution is 2.40. The normalized spacial score (nSPS) is 27.4. The summed E-state index contributed by atoms with van der Waals surface area (Å²) in [6.45, 7) is 0.666. The van der Waals surface area contributed by atoms with E-state index < -0.39 is 6.10 Å². The molecule has 3 heteroatoms. The lowest BCUT2D eigenvalue weighted by atomic mass is 9.85. The van der Waals surface area contributed by atoms with E-state index in [9.17, 15) is 9.50 Å². The maximum atomic E-state index is 13.1. The molecule has 2 aliphatic heterocycles. The molecule has 1 unspecified atom stereocenters. The molecule has 4 rings (SSSR count). The number of benzene rings is 2. The molecule has 0 aromatic heterocycles. The van der Waals surface area contributed by atoms with Gasteiger partial charge >= 0.3 is 0 Å². The van der Waals surface area contributed by atoms with Gasteiger partial charge in [-0.3, -0.25) is 4.90 Å². The largest absolute Gasteiger partial charge is 0.387 e. The third-order valence-electron chi connectivity index (χ3n) is 5.99. The van der Waals surface area contributed by atoms with Crippen molar-refractivity contribution in [2.24, 2.45) is 5.92 Å². The molecule has 2 bridgehead atoms. The van der Waals surface area contributed by atoms with Gasteiger partial charge in [-0.25, -0.2) is 4.39 Å². The molecule has 132 valence electrons. The molecular formula is C22H26FNO. The lowest BCUT2D eigenvalue weighted by Gasteiger charge is -2.40. The molecule has 4 atom stereocenters. The summed E-state index contributed by atoms with van der Waals surface area (Å²) >= 11 is 0.